The standard InChI is InChI=1S/C10H22NO9P/c1-2-3-6(13)11(21(17,18)19)7-9(15)8(14)5(4-12)20-10(7)16/h5,7-10,12,14-19,21H,2-4H2,1H3/t5-,7-,8-,9-,10?/m1/s1. The van der Waals surface area contributed by atoms with Crippen LogP contribution in [0.5, 0.6) is 0 Å². The van der Waals surface area contributed by atoms with Crippen molar-refractivity contribution < 1.29 is 44.6 Å². The molecule has 0 radical (unpaired) electrons. The van der Waals surface area contributed by atoms with Crippen molar-refractivity contribution in [1.29, 1.82) is 0 Å². The summed E-state index contributed by atoms with van der Waals surface area (Å²) in [7, 11) is -5.21. The Morgan fingerprint density at radius 2 is 1.76 bits per heavy atom. The van der Waals surface area contributed by atoms with Crippen LogP contribution in [0.2, 0.25) is 0 Å². The topological polar surface area (TPSA) is 171 Å². The molecule has 1 amide bonds. The number of hydrogen-bond acceptors (Lipinski definition) is 9. The molecular weight excluding hydrogens is 309 g/mol. The van der Waals surface area contributed by atoms with Crippen LogP contribution in [0.15, 0.2) is 0 Å². The fourth-order valence-corrected chi connectivity index (χ4v) is 3.36. The molecule has 1 heterocycles. The van der Waals surface area contributed by atoms with Gasteiger partial charge in [0.25, 0.3) is 0 Å². The zero-order chi connectivity index (χ0) is 16.4. The van der Waals surface area contributed by atoms with Crippen LogP contribution in [0.4, 0.5) is 0 Å². The molecular formula is C10H22NO9P. The third kappa shape index (κ3) is 4.07. The second-order valence-electron chi connectivity index (χ2n) is 4.83. The Morgan fingerprint density at radius 3 is 2.19 bits per heavy atom. The van der Waals surface area contributed by atoms with Crippen molar-refractivity contribution in [2.45, 2.75) is 50.4 Å². The summed E-state index contributed by atoms with van der Waals surface area (Å²) in [5, 5.41) is 38.4. The molecule has 1 saturated heterocycles. The molecule has 1 aliphatic rings. The number of amides is 1. The van der Waals surface area contributed by atoms with Crippen LogP contribution in [0.1, 0.15) is 19.8 Å². The number of hydrogen-bond donors (Lipinski definition) is 7. The van der Waals surface area contributed by atoms with E-state index in [0.717, 1.165) is 0 Å². The van der Waals surface area contributed by atoms with E-state index < -0.39 is 51.3 Å². The van der Waals surface area contributed by atoms with Gasteiger partial charge in [-0.15, -0.1) is 0 Å². The number of carbonyl (C=O) groups excluding carboxylic acids is 1. The van der Waals surface area contributed by atoms with Crippen LogP contribution in [0.3, 0.4) is 0 Å². The molecule has 0 aromatic carbocycles. The average Bonchev–Trinajstić information content (AvgIpc) is 2.37. The Bertz CT molecular complexity index is 363. The molecule has 1 rings (SSSR count). The third-order valence-corrected chi connectivity index (χ3v) is 4.41. The maximum atomic E-state index is 11.9. The summed E-state index contributed by atoms with van der Waals surface area (Å²) >= 11 is 0. The van der Waals surface area contributed by atoms with Crippen LogP contribution in [-0.2, 0) is 9.53 Å². The monoisotopic (exact) mass is 331 g/mol. The SMILES string of the molecule is CCCC(=O)N([C@H]1C(O)O[C@H](CO)[C@@H](O)[C@@H]1O)[PH](O)(O)O. The second-order valence-corrected chi connectivity index (χ2v) is 6.51. The summed E-state index contributed by atoms with van der Waals surface area (Å²) < 4.78 is 5.00. The Balaban J connectivity index is 3.09. The molecule has 1 fully saturated rings. The van der Waals surface area contributed by atoms with E-state index in [9.17, 15) is 34.8 Å². The molecule has 1 aliphatic heterocycles. The molecule has 0 spiro atoms. The van der Waals surface area contributed by atoms with Crippen molar-refractivity contribution in [2.75, 3.05) is 6.61 Å². The van der Waals surface area contributed by atoms with E-state index in [1.807, 2.05) is 0 Å². The van der Waals surface area contributed by atoms with Crippen LogP contribution >= 0.6 is 8.09 Å². The van der Waals surface area contributed by atoms with Crippen molar-refractivity contribution in [2.24, 2.45) is 0 Å². The predicted molar refractivity (Wildman–Crippen MR) is 70.5 cm³/mol. The third-order valence-electron chi connectivity index (χ3n) is 3.22. The maximum absolute atomic E-state index is 11.9. The molecule has 0 bridgehead atoms. The van der Waals surface area contributed by atoms with Crippen LogP contribution in [-0.4, -0.2) is 82.9 Å². The van der Waals surface area contributed by atoms with Crippen molar-refractivity contribution >= 4 is 14.0 Å². The minimum atomic E-state index is -5.21. The van der Waals surface area contributed by atoms with Gasteiger partial charge in [-0.05, 0) is 0 Å². The molecule has 7 N–H and O–H groups in total. The molecule has 10 nitrogen and oxygen atoms in total. The van der Waals surface area contributed by atoms with Gasteiger partial charge in [-0.25, -0.2) is 0 Å². The van der Waals surface area contributed by atoms with Gasteiger partial charge in [-0.1, -0.05) is 0 Å². The zero-order valence-electron chi connectivity index (χ0n) is 11.4. The number of carbonyl (C=O) groups is 1. The predicted octanol–water partition coefficient (Wildman–Crippen LogP) is -3.20. The van der Waals surface area contributed by atoms with Gasteiger partial charge in [0.1, 0.15) is 0 Å². The van der Waals surface area contributed by atoms with E-state index in [1.54, 1.807) is 6.92 Å². The Morgan fingerprint density at radius 1 is 1.19 bits per heavy atom. The molecule has 21 heavy (non-hydrogen) atoms. The molecule has 1 unspecified atom stereocenters. The second kappa shape index (κ2) is 7.23. The fraction of sp³-hybridized carbons (Fsp3) is 0.900. The molecule has 126 valence electrons. The molecule has 11 heteroatoms. The molecule has 0 aliphatic carbocycles. The Kier molecular flexibility index (Phi) is 6.41. The van der Waals surface area contributed by atoms with Gasteiger partial charge in [0.2, 0.25) is 0 Å². The summed E-state index contributed by atoms with van der Waals surface area (Å²) in [6.45, 7) is 0.928. The van der Waals surface area contributed by atoms with Gasteiger partial charge < -0.3 is 0 Å². The number of aliphatic hydroxyl groups excluding tert-OH is 4. The summed E-state index contributed by atoms with van der Waals surface area (Å²) in [6, 6.07) is -1.77. The Labute approximate surface area is 121 Å². The van der Waals surface area contributed by atoms with Gasteiger partial charge >= 0.3 is 120 Å². The summed E-state index contributed by atoms with van der Waals surface area (Å²) in [5.74, 6) is -0.919. The Hall–Kier alpha value is -0.420. The van der Waals surface area contributed by atoms with E-state index in [-0.39, 0.29) is 11.1 Å². The van der Waals surface area contributed by atoms with Gasteiger partial charge in [0, 0.05) is 0 Å². The van der Waals surface area contributed by atoms with Gasteiger partial charge in [0.05, 0.1) is 0 Å². The van der Waals surface area contributed by atoms with Gasteiger partial charge in [-0.2, -0.15) is 0 Å². The molecule has 0 saturated carbocycles. The zero-order valence-corrected chi connectivity index (χ0v) is 12.4. The van der Waals surface area contributed by atoms with Gasteiger partial charge in [0.15, 0.2) is 0 Å². The summed E-state index contributed by atoms with van der Waals surface area (Å²) in [5.41, 5.74) is 0. The van der Waals surface area contributed by atoms with E-state index in [2.05, 4.69) is 0 Å². The first-order valence-corrected chi connectivity index (χ1v) is 8.23. The quantitative estimate of drug-likeness (QED) is 0.256. The van der Waals surface area contributed by atoms with E-state index in [0.29, 0.717) is 6.42 Å². The summed E-state index contributed by atoms with van der Waals surface area (Å²) in [6.07, 6.45) is -6.60. The van der Waals surface area contributed by atoms with Crippen LogP contribution in [0.25, 0.3) is 0 Å². The molecule has 0 aromatic rings. The van der Waals surface area contributed by atoms with Gasteiger partial charge in [-0.3, -0.25) is 0 Å². The normalized spacial score (nSPS) is 34.6. The van der Waals surface area contributed by atoms with Crippen LogP contribution in [0, 0.1) is 0 Å². The first-order chi connectivity index (χ1) is 9.65. The molecule has 5 atom stereocenters. The number of nitrogens with zero attached hydrogens (tertiary/aromatic N) is 1. The van der Waals surface area contributed by atoms with Crippen molar-refractivity contribution in [1.82, 2.24) is 4.67 Å². The summed E-state index contributed by atoms with van der Waals surface area (Å²) in [4.78, 5) is 40.2. The van der Waals surface area contributed by atoms with Crippen molar-refractivity contribution in [3.05, 3.63) is 0 Å². The minimum absolute atomic E-state index is 0.169. The van der Waals surface area contributed by atoms with Crippen LogP contribution < -0.4 is 0 Å². The number of aliphatic hydroxyl groups is 4. The van der Waals surface area contributed by atoms with E-state index in [4.69, 9.17) is 9.84 Å². The first kappa shape index (κ1) is 18.6. The van der Waals surface area contributed by atoms with E-state index in [1.165, 1.54) is 0 Å². The number of rotatable bonds is 5. The first-order valence-electron chi connectivity index (χ1n) is 6.44. The number of ether oxygens (including phenoxy) is 1. The fourth-order valence-electron chi connectivity index (χ4n) is 2.23. The van der Waals surface area contributed by atoms with Crippen molar-refractivity contribution in [3.8, 4) is 0 Å². The van der Waals surface area contributed by atoms with Crippen molar-refractivity contribution in [3.63, 3.8) is 0 Å². The average molecular weight is 331 g/mol. The van der Waals surface area contributed by atoms with E-state index >= 15 is 0 Å². The molecule has 0 aromatic heterocycles.